The van der Waals surface area contributed by atoms with Crippen LogP contribution < -0.4 is 5.32 Å². The molecule has 3 aromatic heterocycles. The number of nitrogens with zero attached hydrogens (tertiary/aromatic N) is 2. The van der Waals surface area contributed by atoms with E-state index in [2.05, 4.69) is 10.3 Å². The molecule has 0 saturated heterocycles. The summed E-state index contributed by atoms with van der Waals surface area (Å²) in [6.45, 7) is 5.22. The second-order valence-corrected chi connectivity index (χ2v) is 5.21. The van der Waals surface area contributed by atoms with Crippen LogP contribution in [-0.4, -0.2) is 22.0 Å². The van der Waals surface area contributed by atoms with E-state index in [9.17, 15) is 4.79 Å². The molecular weight excluding hydrogens is 278 g/mol. The largest absolute Gasteiger partial charge is 0.460 e. The van der Waals surface area contributed by atoms with Crippen molar-refractivity contribution in [1.82, 2.24) is 14.9 Å². The predicted molar refractivity (Wildman–Crippen MR) is 84.9 cm³/mol. The standard InChI is InChI=1S/C17H19N3O2/c1-3-20-14-10-12(2)22-16(14)11-15(20)17(21)19-9-7-13-6-4-5-8-18-13/h4-6,8,10-11H,3,7,9H2,1-2H3,(H,19,21). The van der Waals surface area contributed by atoms with Gasteiger partial charge in [-0.3, -0.25) is 9.78 Å². The Morgan fingerprint density at radius 3 is 2.95 bits per heavy atom. The molecule has 3 aromatic rings. The number of carbonyl (C=O) groups excluding carboxylic acids is 1. The van der Waals surface area contributed by atoms with Crippen molar-refractivity contribution < 1.29 is 9.21 Å². The summed E-state index contributed by atoms with van der Waals surface area (Å²) in [5, 5.41) is 2.95. The van der Waals surface area contributed by atoms with Gasteiger partial charge in [-0.2, -0.15) is 0 Å². The molecule has 0 fully saturated rings. The maximum Gasteiger partial charge on any atom is 0.268 e. The van der Waals surface area contributed by atoms with Crippen molar-refractivity contribution in [2.75, 3.05) is 6.54 Å². The molecule has 22 heavy (non-hydrogen) atoms. The molecule has 0 radical (unpaired) electrons. The van der Waals surface area contributed by atoms with E-state index < -0.39 is 0 Å². The number of carbonyl (C=O) groups is 1. The molecule has 0 aromatic carbocycles. The van der Waals surface area contributed by atoms with Gasteiger partial charge < -0.3 is 14.3 Å². The Morgan fingerprint density at radius 1 is 1.36 bits per heavy atom. The zero-order chi connectivity index (χ0) is 15.5. The van der Waals surface area contributed by atoms with E-state index in [1.165, 1.54) is 0 Å². The lowest BCUT2D eigenvalue weighted by atomic mass is 10.2. The highest BCUT2D eigenvalue weighted by atomic mass is 16.3. The summed E-state index contributed by atoms with van der Waals surface area (Å²) in [4.78, 5) is 16.6. The van der Waals surface area contributed by atoms with Crippen molar-refractivity contribution in [3.8, 4) is 0 Å². The first-order chi connectivity index (χ1) is 10.7. The average Bonchev–Trinajstić information content (AvgIpc) is 3.03. The van der Waals surface area contributed by atoms with Gasteiger partial charge in [0.15, 0.2) is 5.58 Å². The zero-order valence-corrected chi connectivity index (χ0v) is 12.8. The highest BCUT2D eigenvalue weighted by Gasteiger charge is 2.17. The lowest BCUT2D eigenvalue weighted by Gasteiger charge is -2.08. The smallest absolute Gasteiger partial charge is 0.268 e. The summed E-state index contributed by atoms with van der Waals surface area (Å²) in [7, 11) is 0. The van der Waals surface area contributed by atoms with Crippen molar-refractivity contribution in [2.45, 2.75) is 26.8 Å². The van der Waals surface area contributed by atoms with Gasteiger partial charge in [0, 0.05) is 43.5 Å². The summed E-state index contributed by atoms with van der Waals surface area (Å²) >= 11 is 0. The van der Waals surface area contributed by atoms with Crippen molar-refractivity contribution in [2.24, 2.45) is 0 Å². The number of hydrogen-bond donors (Lipinski definition) is 1. The topological polar surface area (TPSA) is 60.1 Å². The Bertz CT molecular complexity index is 787. The third-order valence-electron chi connectivity index (χ3n) is 3.65. The van der Waals surface area contributed by atoms with Crippen molar-refractivity contribution in [3.05, 3.63) is 53.7 Å². The number of aromatic nitrogens is 2. The lowest BCUT2D eigenvalue weighted by molar-refractivity contribution is 0.0945. The maximum atomic E-state index is 12.4. The number of amides is 1. The van der Waals surface area contributed by atoms with E-state index in [0.29, 0.717) is 18.7 Å². The van der Waals surface area contributed by atoms with Crippen molar-refractivity contribution in [1.29, 1.82) is 0 Å². The molecular formula is C17H19N3O2. The Labute approximate surface area is 129 Å². The highest BCUT2D eigenvalue weighted by molar-refractivity contribution is 5.97. The first-order valence-corrected chi connectivity index (χ1v) is 7.47. The van der Waals surface area contributed by atoms with E-state index in [1.807, 2.05) is 48.7 Å². The molecule has 1 amide bonds. The number of pyridine rings is 1. The fraction of sp³-hybridized carbons (Fsp3) is 0.294. The average molecular weight is 297 g/mol. The molecule has 0 saturated carbocycles. The molecule has 0 aliphatic rings. The highest BCUT2D eigenvalue weighted by Crippen LogP contribution is 2.23. The Morgan fingerprint density at radius 2 is 2.23 bits per heavy atom. The van der Waals surface area contributed by atoms with Crippen LogP contribution in [0.25, 0.3) is 11.1 Å². The van der Waals surface area contributed by atoms with Crippen LogP contribution in [0, 0.1) is 6.92 Å². The number of hydrogen-bond acceptors (Lipinski definition) is 3. The molecule has 1 N–H and O–H groups in total. The zero-order valence-electron chi connectivity index (χ0n) is 12.8. The van der Waals surface area contributed by atoms with Gasteiger partial charge in [0.25, 0.3) is 5.91 Å². The van der Waals surface area contributed by atoms with Crippen molar-refractivity contribution in [3.63, 3.8) is 0 Å². The minimum atomic E-state index is -0.0816. The van der Waals surface area contributed by atoms with Gasteiger partial charge in [-0.25, -0.2) is 0 Å². The molecule has 0 aliphatic heterocycles. The van der Waals surface area contributed by atoms with Crippen LogP contribution in [0.15, 0.2) is 40.9 Å². The molecule has 0 bridgehead atoms. The summed E-state index contributed by atoms with van der Waals surface area (Å²) in [6.07, 6.45) is 2.48. The minimum Gasteiger partial charge on any atom is -0.460 e. The third kappa shape index (κ3) is 2.74. The van der Waals surface area contributed by atoms with Gasteiger partial charge in [0.1, 0.15) is 11.5 Å². The fourth-order valence-corrected chi connectivity index (χ4v) is 2.63. The lowest BCUT2D eigenvalue weighted by Crippen LogP contribution is -2.28. The number of rotatable bonds is 5. The maximum absolute atomic E-state index is 12.4. The minimum absolute atomic E-state index is 0.0816. The Hall–Kier alpha value is -2.56. The number of nitrogens with one attached hydrogen (secondary N) is 1. The second kappa shape index (κ2) is 6.05. The Balaban J connectivity index is 1.70. The summed E-state index contributed by atoms with van der Waals surface area (Å²) in [5.74, 6) is 0.774. The number of fused-ring (bicyclic) bond motifs is 1. The second-order valence-electron chi connectivity index (χ2n) is 5.21. The summed E-state index contributed by atoms with van der Waals surface area (Å²) in [6, 6.07) is 9.55. The third-order valence-corrected chi connectivity index (χ3v) is 3.65. The monoisotopic (exact) mass is 297 g/mol. The molecule has 0 unspecified atom stereocenters. The normalized spacial score (nSPS) is 11.0. The van der Waals surface area contributed by atoms with Crippen LogP contribution in [0.5, 0.6) is 0 Å². The van der Waals surface area contributed by atoms with E-state index >= 15 is 0 Å². The SMILES string of the molecule is CCn1c(C(=O)NCCc2ccccn2)cc2oc(C)cc21. The van der Waals surface area contributed by atoms with Crippen LogP contribution >= 0.6 is 0 Å². The molecule has 0 atom stereocenters. The molecule has 0 spiro atoms. The van der Waals surface area contributed by atoms with Gasteiger partial charge >= 0.3 is 0 Å². The van der Waals surface area contributed by atoms with Crippen LogP contribution in [0.3, 0.4) is 0 Å². The fourth-order valence-electron chi connectivity index (χ4n) is 2.63. The van der Waals surface area contributed by atoms with E-state index in [1.54, 1.807) is 6.20 Å². The number of aryl methyl sites for hydroxylation is 2. The van der Waals surface area contributed by atoms with Crippen LogP contribution in [0.4, 0.5) is 0 Å². The first-order valence-electron chi connectivity index (χ1n) is 7.47. The van der Waals surface area contributed by atoms with E-state index in [4.69, 9.17) is 4.42 Å². The van der Waals surface area contributed by atoms with Crippen LogP contribution in [0.1, 0.15) is 28.9 Å². The quantitative estimate of drug-likeness (QED) is 0.787. The number of furan rings is 1. The van der Waals surface area contributed by atoms with Crippen LogP contribution in [-0.2, 0) is 13.0 Å². The molecule has 114 valence electrons. The van der Waals surface area contributed by atoms with Gasteiger partial charge in [0.2, 0.25) is 0 Å². The van der Waals surface area contributed by atoms with Gasteiger partial charge in [-0.1, -0.05) is 6.07 Å². The molecule has 3 heterocycles. The van der Waals surface area contributed by atoms with E-state index in [0.717, 1.165) is 29.1 Å². The molecule has 3 rings (SSSR count). The van der Waals surface area contributed by atoms with Gasteiger partial charge in [-0.15, -0.1) is 0 Å². The first kappa shape index (κ1) is 14.4. The Kier molecular flexibility index (Phi) is 3.96. The molecule has 5 heteroatoms. The summed E-state index contributed by atoms with van der Waals surface area (Å²) < 4.78 is 7.58. The molecule has 0 aliphatic carbocycles. The summed E-state index contributed by atoms with van der Waals surface area (Å²) in [5.41, 5.74) is 3.33. The molecule has 5 nitrogen and oxygen atoms in total. The predicted octanol–water partition coefficient (Wildman–Crippen LogP) is 2.93. The van der Waals surface area contributed by atoms with Crippen LogP contribution in [0.2, 0.25) is 0 Å². The van der Waals surface area contributed by atoms with Gasteiger partial charge in [-0.05, 0) is 26.0 Å². The van der Waals surface area contributed by atoms with Crippen molar-refractivity contribution >= 4 is 17.0 Å². The van der Waals surface area contributed by atoms with E-state index in [-0.39, 0.29) is 5.91 Å². The van der Waals surface area contributed by atoms with Gasteiger partial charge in [0.05, 0.1) is 5.52 Å².